The lowest BCUT2D eigenvalue weighted by Gasteiger charge is -2.16. The van der Waals surface area contributed by atoms with Crippen LogP contribution in [-0.4, -0.2) is 34.9 Å². The van der Waals surface area contributed by atoms with Crippen LogP contribution in [0, 0.1) is 5.82 Å². The highest BCUT2D eigenvalue weighted by molar-refractivity contribution is 7.89. The first-order valence-corrected chi connectivity index (χ1v) is 9.80. The molecule has 0 fully saturated rings. The van der Waals surface area contributed by atoms with Crippen molar-refractivity contribution in [2.24, 2.45) is 12.1 Å². The van der Waals surface area contributed by atoms with Gasteiger partial charge < -0.3 is 0 Å². The second kappa shape index (κ2) is 6.62. The van der Waals surface area contributed by atoms with Crippen LogP contribution in [0.15, 0.2) is 77.0 Å². The van der Waals surface area contributed by atoms with Crippen molar-refractivity contribution in [1.82, 2.24) is 14.2 Å². The highest BCUT2D eigenvalue weighted by Gasteiger charge is 2.36. The van der Waals surface area contributed by atoms with Crippen LogP contribution in [0.5, 0.6) is 0 Å². The summed E-state index contributed by atoms with van der Waals surface area (Å²) in [5, 5.41) is 8.37. The molecular formula is C19H17FN4O2S. The van der Waals surface area contributed by atoms with Gasteiger partial charge in [-0.2, -0.15) is 23.0 Å². The Kier molecular flexibility index (Phi) is 4.27. The van der Waals surface area contributed by atoms with Crippen LogP contribution in [0.4, 0.5) is 4.39 Å². The third-order valence-electron chi connectivity index (χ3n) is 4.49. The van der Waals surface area contributed by atoms with Gasteiger partial charge in [0.25, 0.3) is 10.0 Å². The summed E-state index contributed by atoms with van der Waals surface area (Å²) < 4.78 is 41.8. The molecule has 0 saturated heterocycles. The smallest absolute Gasteiger partial charge is 0.274 e. The summed E-state index contributed by atoms with van der Waals surface area (Å²) in [6, 6.07) is 15.5. The zero-order valence-electron chi connectivity index (χ0n) is 14.5. The van der Waals surface area contributed by atoms with E-state index in [0.717, 1.165) is 15.5 Å². The number of hydrogen-bond donors (Lipinski definition) is 0. The van der Waals surface area contributed by atoms with Crippen molar-refractivity contribution in [3.05, 3.63) is 83.9 Å². The lowest BCUT2D eigenvalue weighted by molar-refractivity contribution is 0.451. The van der Waals surface area contributed by atoms with Crippen LogP contribution in [-0.2, 0) is 17.1 Å². The summed E-state index contributed by atoms with van der Waals surface area (Å²) in [5.74, 6) is -0.630. The van der Waals surface area contributed by atoms with Gasteiger partial charge in [0.2, 0.25) is 0 Å². The first-order valence-electron chi connectivity index (χ1n) is 8.36. The second-order valence-electron chi connectivity index (χ2n) is 6.31. The molecule has 4 rings (SSSR count). The fourth-order valence-electron chi connectivity index (χ4n) is 3.11. The first kappa shape index (κ1) is 17.4. The van der Waals surface area contributed by atoms with Gasteiger partial charge in [0.15, 0.2) is 0 Å². The number of rotatable bonds is 4. The molecule has 8 heteroatoms. The molecule has 0 saturated carbocycles. The van der Waals surface area contributed by atoms with Crippen LogP contribution in [0.3, 0.4) is 0 Å². The number of sulfonamides is 1. The number of nitrogens with zero attached hydrogens (tertiary/aromatic N) is 4. The maximum absolute atomic E-state index is 13.3. The number of aromatic nitrogens is 2. The Morgan fingerprint density at radius 1 is 1.07 bits per heavy atom. The SMILES string of the molecule is Cn1cc(S(=O)(=O)N2CC(c3ccc(F)cc3)C(c3ccccc3)=N2)cn1. The maximum Gasteiger partial charge on any atom is 0.282 e. The molecule has 1 atom stereocenters. The molecule has 1 aliphatic heterocycles. The van der Waals surface area contributed by atoms with Crippen molar-refractivity contribution < 1.29 is 12.8 Å². The minimum atomic E-state index is -3.82. The third kappa shape index (κ3) is 3.23. The predicted molar refractivity (Wildman–Crippen MR) is 99.2 cm³/mol. The fraction of sp³-hybridized carbons (Fsp3) is 0.158. The first-order chi connectivity index (χ1) is 12.9. The second-order valence-corrected chi connectivity index (χ2v) is 8.16. The van der Waals surface area contributed by atoms with E-state index < -0.39 is 10.0 Å². The van der Waals surface area contributed by atoms with Gasteiger partial charge in [-0.1, -0.05) is 42.5 Å². The van der Waals surface area contributed by atoms with Gasteiger partial charge in [0.1, 0.15) is 10.7 Å². The van der Waals surface area contributed by atoms with Crippen molar-refractivity contribution in [3.8, 4) is 0 Å². The highest BCUT2D eigenvalue weighted by atomic mass is 32.2. The van der Waals surface area contributed by atoms with Gasteiger partial charge in [0.05, 0.1) is 18.5 Å². The molecule has 0 N–H and O–H groups in total. The van der Waals surface area contributed by atoms with Crippen LogP contribution < -0.4 is 0 Å². The quantitative estimate of drug-likeness (QED) is 0.695. The summed E-state index contributed by atoms with van der Waals surface area (Å²) in [6.07, 6.45) is 2.75. The van der Waals surface area contributed by atoms with Gasteiger partial charge in [-0.25, -0.2) is 4.39 Å². The van der Waals surface area contributed by atoms with Crippen LogP contribution in [0.25, 0.3) is 0 Å². The van der Waals surface area contributed by atoms with E-state index in [1.54, 1.807) is 19.2 Å². The standard InChI is InChI=1S/C19H17FN4O2S/c1-23-12-17(11-21-23)27(25,26)24-13-18(14-7-9-16(20)10-8-14)19(22-24)15-5-3-2-4-6-15/h2-12,18H,13H2,1H3. The zero-order chi connectivity index (χ0) is 19.0. The monoisotopic (exact) mass is 384 g/mol. The van der Waals surface area contributed by atoms with E-state index in [1.807, 2.05) is 30.3 Å². The van der Waals surface area contributed by atoms with E-state index in [-0.39, 0.29) is 23.2 Å². The Morgan fingerprint density at radius 2 is 1.78 bits per heavy atom. The molecular weight excluding hydrogens is 367 g/mol. The lowest BCUT2D eigenvalue weighted by Crippen LogP contribution is -2.25. The molecule has 0 bridgehead atoms. The van der Waals surface area contributed by atoms with E-state index in [1.165, 1.54) is 29.2 Å². The third-order valence-corrected chi connectivity index (χ3v) is 6.08. The number of aryl methyl sites for hydroxylation is 1. The molecule has 3 aromatic rings. The molecule has 27 heavy (non-hydrogen) atoms. The lowest BCUT2D eigenvalue weighted by atomic mass is 9.91. The van der Waals surface area contributed by atoms with Crippen molar-refractivity contribution in [1.29, 1.82) is 0 Å². The van der Waals surface area contributed by atoms with Crippen molar-refractivity contribution in [2.45, 2.75) is 10.8 Å². The van der Waals surface area contributed by atoms with Crippen molar-refractivity contribution >= 4 is 15.7 Å². The Balaban J connectivity index is 1.77. The van der Waals surface area contributed by atoms with Crippen LogP contribution >= 0.6 is 0 Å². The molecule has 1 aliphatic rings. The summed E-state index contributed by atoms with van der Waals surface area (Å²) >= 11 is 0. The summed E-state index contributed by atoms with van der Waals surface area (Å²) in [6.45, 7) is 0.146. The van der Waals surface area contributed by atoms with Crippen molar-refractivity contribution in [2.75, 3.05) is 6.54 Å². The van der Waals surface area contributed by atoms with E-state index in [0.29, 0.717) is 5.71 Å². The summed E-state index contributed by atoms with van der Waals surface area (Å²) in [7, 11) is -2.16. The Labute approximate surface area is 156 Å². The number of hydrogen-bond acceptors (Lipinski definition) is 4. The van der Waals surface area contributed by atoms with E-state index in [4.69, 9.17) is 0 Å². The maximum atomic E-state index is 13.3. The minimum absolute atomic E-state index is 0.0842. The van der Waals surface area contributed by atoms with Crippen molar-refractivity contribution in [3.63, 3.8) is 0 Å². The highest BCUT2D eigenvalue weighted by Crippen LogP contribution is 2.32. The topological polar surface area (TPSA) is 67.6 Å². The van der Waals surface area contributed by atoms with E-state index >= 15 is 0 Å². The molecule has 6 nitrogen and oxygen atoms in total. The number of halogens is 1. The molecule has 1 unspecified atom stereocenters. The molecule has 0 aliphatic carbocycles. The number of benzene rings is 2. The average molecular weight is 384 g/mol. The van der Waals surface area contributed by atoms with E-state index in [9.17, 15) is 12.8 Å². The Hall–Kier alpha value is -3.00. The normalized spacial score (nSPS) is 17.2. The Bertz CT molecular complexity index is 1090. The van der Waals surface area contributed by atoms with Crippen LogP contribution in [0.2, 0.25) is 0 Å². The molecule has 138 valence electrons. The summed E-state index contributed by atoms with van der Waals surface area (Å²) in [5.41, 5.74) is 2.27. The van der Waals surface area contributed by atoms with Gasteiger partial charge in [-0.05, 0) is 23.3 Å². The van der Waals surface area contributed by atoms with E-state index in [2.05, 4.69) is 10.2 Å². The minimum Gasteiger partial charge on any atom is -0.274 e. The molecule has 0 amide bonds. The zero-order valence-corrected chi connectivity index (χ0v) is 15.3. The van der Waals surface area contributed by atoms with Crippen LogP contribution in [0.1, 0.15) is 17.0 Å². The van der Waals surface area contributed by atoms with Gasteiger partial charge in [0, 0.05) is 19.2 Å². The summed E-state index contributed by atoms with van der Waals surface area (Å²) in [4.78, 5) is 0.0842. The molecule has 1 aromatic heterocycles. The fourth-order valence-corrected chi connectivity index (χ4v) is 4.36. The average Bonchev–Trinajstić information content (AvgIpc) is 3.30. The predicted octanol–water partition coefficient (Wildman–Crippen LogP) is 2.75. The molecule has 0 spiro atoms. The van der Waals surface area contributed by atoms with Gasteiger partial charge >= 0.3 is 0 Å². The molecule has 2 aromatic carbocycles. The Morgan fingerprint density at radius 3 is 2.41 bits per heavy atom. The molecule has 0 radical (unpaired) electrons. The largest absolute Gasteiger partial charge is 0.282 e. The van der Waals surface area contributed by atoms with Gasteiger partial charge in [-0.15, -0.1) is 0 Å². The van der Waals surface area contributed by atoms with Gasteiger partial charge in [-0.3, -0.25) is 4.68 Å². The number of hydrazone groups is 1. The molecule has 2 heterocycles.